The zero-order chi connectivity index (χ0) is 9.26. The topological polar surface area (TPSA) is 46.3 Å². The predicted octanol–water partition coefficient (Wildman–Crippen LogP) is 2.36. The van der Waals surface area contributed by atoms with Crippen molar-refractivity contribution in [2.24, 2.45) is 0 Å². The Labute approximate surface area is 75.7 Å². The summed E-state index contributed by atoms with van der Waals surface area (Å²) in [5.74, 6) is 1.61. The first-order chi connectivity index (χ1) is 6.25. The molecule has 0 radical (unpaired) electrons. The molecular weight excluding hydrogens is 166 g/mol. The number of nitrogens with zero attached hydrogens (tertiary/aromatic N) is 1. The molecule has 0 saturated heterocycles. The first-order valence-corrected chi connectivity index (χ1v) is 3.97. The molecule has 0 amide bonds. The third-order valence-electron chi connectivity index (χ3n) is 1.77. The van der Waals surface area contributed by atoms with Gasteiger partial charge in [-0.3, -0.25) is 0 Å². The molecule has 0 spiro atoms. The van der Waals surface area contributed by atoms with E-state index in [-0.39, 0.29) is 5.75 Å². The third kappa shape index (κ3) is 1.54. The van der Waals surface area contributed by atoms with Crippen molar-refractivity contribution in [3.05, 3.63) is 36.4 Å². The third-order valence-corrected chi connectivity index (χ3v) is 1.77. The summed E-state index contributed by atoms with van der Waals surface area (Å²) >= 11 is 0. The molecule has 0 saturated carbocycles. The Hall–Kier alpha value is -1.77. The van der Waals surface area contributed by atoms with E-state index < -0.39 is 0 Å². The van der Waals surface area contributed by atoms with E-state index in [4.69, 9.17) is 9.52 Å². The van der Waals surface area contributed by atoms with Crippen molar-refractivity contribution in [1.82, 2.24) is 4.98 Å². The van der Waals surface area contributed by atoms with Crippen LogP contribution in [-0.2, 0) is 0 Å². The summed E-state index contributed by atoms with van der Waals surface area (Å²) in [4.78, 5) is 3.99. The zero-order valence-electron chi connectivity index (χ0n) is 7.19. The predicted molar refractivity (Wildman–Crippen MR) is 48.3 cm³/mol. The minimum absolute atomic E-state index is 0.250. The van der Waals surface area contributed by atoms with Crippen LogP contribution in [0.15, 0.2) is 34.9 Å². The first-order valence-electron chi connectivity index (χ1n) is 3.97. The Kier molecular flexibility index (Phi) is 1.77. The molecule has 0 aliphatic carbocycles. The largest absolute Gasteiger partial charge is 0.508 e. The number of aryl methyl sites for hydroxylation is 1. The van der Waals surface area contributed by atoms with Crippen LogP contribution in [0.1, 0.15) is 5.89 Å². The minimum atomic E-state index is 0.250. The lowest BCUT2D eigenvalue weighted by atomic mass is 10.2. The summed E-state index contributed by atoms with van der Waals surface area (Å²) in [5.41, 5.74) is 0.915. The number of aromatic nitrogens is 1. The SMILES string of the molecule is Cc1ncc(-c2ccc(O)cc2)o1. The lowest BCUT2D eigenvalue weighted by Gasteiger charge is -1.95. The van der Waals surface area contributed by atoms with Gasteiger partial charge in [-0.1, -0.05) is 0 Å². The molecule has 0 unspecified atom stereocenters. The molecule has 3 nitrogen and oxygen atoms in total. The Balaban J connectivity index is 2.41. The highest BCUT2D eigenvalue weighted by atomic mass is 16.4. The molecule has 0 bridgehead atoms. The van der Waals surface area contributed by atoms with Crippen molar-refractivity contribution in [3.63, 3.8) is 0 Å². The molecule has 0 atom stereocenters. The highest BCUT2D eigenvalue weighted by Gasteiger charge is 2.02. The van der Waals surface area contributed by atoms with Crippen molar-refractivity contribution < 1.29 is 9.52 Å². The highest BCUT2D eigenvalue weighted by molar-refractivity contribution is 5.57. The number of phenols is 1. The average Bonchev–Trinajstić information content (AvgIpc) is 2.53. The summed E-state index contributed by atoms with van der Waals surface area (Å²) in [6.45, 7) is 1.80. The molecule has 66 valence electrons. The van der Waals surface area contributed by atoms with Crippen LogP contribution in [0.2, 0.25) is 0 Å². The Bertz CT molecular complexity index is 403. The summed E-state index contributed by atoms with van der Waals surface area (Å²) in [7, 11) is 0. The van der Waals surface area contributed by atoms with Gasteiger partial charge < -0.3 is 9.52 Å². The Morgan fingerprint density at radius 3 is 2.46 bits per heavy atom. The van der Waals surface area contributed by atoms with Gasteiger partial charge in [0.2, 0.25) is 0 Å². The average molecular weight is 175 g/mol. The van der Waals surface area contributed by atoms with Crippen molar-refractivity contribution in [1.29, 1.82) is 0 Å². The Morgan fingerprint density at radius 1 is 1.23 bits per heavy atom. The van der Waals surface area contributed by atoms with Crippen LogP contribution in [0.3, 0.4) is 0 Å². The molecular formula is C10H9NO2. The number of oxazole rings is 1. The van der Waals surface area contributed by atoms with Gasteiger partial charge in [0.15, 0.2) is 11.7 Å². The maximum Gasteiger partial charge on any atom is 0.191 e. The fourth-order valence-corrected chi connectivity index (χ4v) is 1.12. The number of phenolic OH excluding ortho intramolecular Hbond substituents is 1. The second kappa shape index (κ2) is 2.94. The van der Waals surface area contributed by atoms with Gasteiger partial charge >= 0.3 is 0 Å². The van der Waals surface area contributed by atoms with Crippen LogP contribution in [0.4, 0.5) is 0 Å². The van der Waals surface area contributed by atoms with Gasteiger partial charge in [0.05, 0.1) is 6.20 Å². The molecule has 13 heavy (non-hydrogen) atoms. The van der Waals surface area contributed by atoms with E-state index in [1.165, 1.54) is 0 Å². The molecule has 1 aromatic carbocycles. The number of aromatic hydroxyl groups is 1. The highest BCUT2D eigenvalue weighted by Crippen LogP contribution is 2.21. The molecule has 0 aliphatic heterocycles. The summed E-state index contributed by atoms with van der Waals surface area (Å²) in [5, 5.41) is 9.06. The van der Waals surface area contributed by atoms with Crippen LogP contribution in [0, 0.1) is 6.92 Å². The molecule has 1 N–H and O–H groups in total. The van der Waals surface area contributed by atoms with Crippen LogP contribution in [0.25, 0.3) is 11.3 Å². The van der Waals surface area contributed by atoms with Crippen molar-refractivity contribution in [3.8, 4) is 17.1 Å². The van der Waals surface area contributed by atoms with Gasteiger partial charge in [0, 0.05) is 12.5 Å². The Morgan fingerprint density at radius 2 is 1.92 bits per heavy atom. The van der Waals surface area contributed by atoms with E-state index in [2.05, 4.69) is 4.98 Å². The number of hydrogen-bond acceptors (Lipinski definition) is 3. The summed E-state index contributed by atoms with van der Waals surface area (Å²) in [6, 6.07) is 6.81. The van der Waals surface area contributed by atoms with Crippen LogP contribution >= 0.6 is 0 Å². The molecule has 2 aromatic rings. The maximum absolute atomic E-state index is 9.06. The van der Waals surface area contributed by atoms with Crippen molar-refractivity contribution in [2.75, 3.05) is 0 Å². The second-order valence-corrected chi connectivity index (χ2v) is 2.79. The van der Waals surface area contributed by atoms with Crippen LogP contribution in [0.5, 0.6) is 5.75 Å². The summed E-state index contributed by atoms with van der Waals surface area (Å²) in [6.07, 6.45) is 1.67. The maximum atomic E-state index is 9.06. The van der Waals surface area contributed by atoms with E-state index >= 15 is 0 Å². The lowest BCUT2D eigenvalue weighted by molar-refractivity contribution is 0.475. The zero-order valence-corrected chi connectivity index (χ0v) is 7.19. The van der Waals surface area contributed by atoms with Crippen molar-refractivity contribution in [2.45, 2.75) is 6.92 Å². The van der Waals surface area contributed by atoms with Gasteiger partial charge in [-0.2, -0.15) is 0 Å². The fraction of sp³-hybridized carbons (Fsp3) is 0.100. The molecule has 1 aromatic heterocycles. The van der Waals surface area contributed by atoms with E-state index in [9.17, 15) is 0 Å². The number of benzene rings is 1. The quantitative estimate of drug-likeness (QED) is 0.723. The lowest BCUT2D eigenvalue weighted by Crippen LogP contribution is -1.71. The van der Waals surface area contributed by atoms with E-state index in [0.29, 0.717) is 5.89 Å². The van der Waals surface area contributed by atoms with Gasteiger partial charge in [-0.25, -0.2) is 4.98 Å². The van der Waals surface area contributed by atoms with Gasteiger partial charge in [0.25, 0.3) is 0 Å². The number of hydrogen-bond donors (Lipinski definition) is 1. The normalized spacial score (nSPS) is 10.2. The van der Waals surface area contributed by atoms with Crippen molar-refractivity contribution >= 4 is 0 Å². The fourth-order valence-electron chi connectivity index (χ4n) is 1.12. The smallest absolute Gasteiger partial charge is 0.191 e. The van der Waals surface area contributed by atoms with Crippen LogP contribution < -0.4 is 0 Å². The van der Waals surface area contributed by atoms with Gasteiger partial charge in [-0.15, -0.1) is 0 Å². The van der Waals surface area contributed by atoms with Gasteiger partial charge in [0.1, 0.15) is 5.75 Å². The standard InChI is InChI=1S/C10H9NO2/c1-7-11-6-10(13-7)8-2-4-9(12)5-3-8/h2-6,12H,1H3. The summed E-state index contributed by atoms with van der Waals surface area (Å²) < 4.78 is 5.32. The minimum Gasteiger partial charge on any atom is -0.508 e. The molecule has 3 heteroatoms. The second-order valence-electron chi connectivity index (χ2n) is 2.79. The van der Waals surface area contributed by atoms with Gasteiger partial charge in [-0.05, 0) is 24.3 Å². The van der Waals surface area contributed by atoms with E-state index in [1.54, 1.807) is 37.4 Å². The monoisotopic (exact) mass is 175 g/mol. The molecule has 0 aliphatic rings. The van der Waals surface area contributed by atoms with E-state index in [1.807, 2.05) is 0 Å². The molecule has 0 fully saturated rings. The van der Waals surface area contributed by atoms with E-state index in [0.717, 1.165) is 11.3 Å². The molecule has 2 rings (SSSR count). The number of rotatable bonds is 1. The first kappa shape index (κ1) is 7.86. The molecule has 1 heterocycles. The van der Waals surface area contributed by atoms with Crippen LogP contribution in [-0.4, -0.2) is 10.1 Å².